The Bertz CT molecular complexity index is 1120. The lowest BCUT2D eigenvalue weighted by Gasteiger charge is -2.65. The quantitative estimate of drug-likeness (QED) is 0.344. The number of hydrogen-bond acceptors (Lipinski definition) is 5. The van der Waals surface area contributed by atoms with Crippen LogP contribution in [0.1, 0.15) is 72.1 Å². The van der Waals surface area contributed by atoms with Crippen LogP contribution in [0.3, 0.4) is 0 Å². The van der Waals surface area contributed by atoms with Crippen molar-refractivity contribution in [2.45, 2.75) is 77.7 Å². The predicted molar refractivity (Wildman–Crippen MR) is 143 cm³/mol. The van der Waals surface area contributed by atoms with E-state index in [0.717, 1.165) is 25.7 Å². The van der Waals surface area contributed by atoms with Gasteiger partial charge in [0, 0.05) is 28.4 Å². The standard InChI is InChI=1S/C29H40ClN3O4/c1-17-22(25(34)33-29-12-18-10-27(2,15-29)14-28(3,11-18)16-29)23(19-6-4-5-7-20(19)30)24(26(35)36)21(32-17)13-37-9-8-31/h4,6,18,23,32H,5,7-16,31H2,1-3H3,(H,33,34)(H,35,36)/t18-,23?,27+,28-,29-. The van der Waals surface area contributed by atoms with Crippen LogP contribution < -0.4 is 16.4 Å². The number of nitrogens with two attached hydrogens (primary N) is 1. The number of carbonyl (C=O) groups excluding carboxylic acids is 1. The van der Waals surface area contributed by atoms with Crippen molar-refractivity contribution >= 4 is 23.5 Å². The van der Waals surface area contributed by atoms with Gasteiger partial charge in [0.1, 0.15) is 0 Å². The number of ether oxygens (including phenoxy) is 1. The molecule has 4 bridgehead atoms. The highest BCUT2D eigenvalue weighted by Gasteiger charge is 2.60. The molecule has 0 aromatic carbocycles. The number of nitrogens with one attached hydrogen (secondary N) is 2. The van der Waals surface area contributed by atoms with E-state index >= 15 is 0 Å². The fraction of sp³-hybridized carbons (Fsp3) is 0.655. The third-order valence-corrected chi connectivity index (χ3v) is 9.49. The van der Waals surface area contributed by atoms with Crippen LogP contribution >= 0.6 is 11.6 Å². The van der Waals surface area contributed by atoms with E-state index in [4.69, 9.17) is 22.1 Å². The second-order valence-corrected chi connectivity index (χ2v) is 13.3. The van der Waals surface area contributed by atoms with Gasteiger partial charge in [-0.05, 0) is 80.6 Å². The first-order valence-electron chi connectivity index (χ1n) is 13.6. The Labute approximate surface area is 224 Å². The monoisotopic (exact) mass is 529 g/mol. The van der Waals surface area contributed by atoms with Gasteiger partial charge in [-0.25, -0.2) is 4.79 Å². The topological polar surface area (TPSA) is 114 Å². The fourth-order valence-electron chi connectivity index (χ4n) is 8.94. The first kappa shape index (κ1) is 26.5. The van der Waals surface area contributed by atoms with Gasteiger partial charge < -0.3 is 26.2 Å². The Morgan fingerprint density at radius 3 is 2.49 bits per heavy atom. The summed E-state index contributed by atoms with van der Waals surface area (Å²) in [7, 11) is 0. The highest BCUT2D eigenvalue weighted by atomic mass is 35.5. The molecule has 0 radical (unpaired) electrons. The average molecular weight is 530 g/mol. The second-order valence-electron chi connectivity index (χ2n) is 12.8. The molecule has 0 aromatic rings. The van der Waals surface area contributed by atoms with Crippen molar-refractivity contribution in [1.82, 2.24) is 10.6 Å². The van der Waals surface area contributed by atoms with Gasteiger partial charge in [0.2, 0.25) is 5.91 Å². The zero-order valence-electron chi connectivity index (χ0n) is 22.2. The summed E-state index contributed by atoms with van der Waals surface area (Å²) in [6.45, 7) is 7.31. The van der Waals surface area contributed by atoms with Crippen LogP contribution in [-0.4, -0.2) is 42.3 Å². The molecule has 0 spiro atoms. The van der Waals surface area contributed by atoms with E-state index in [0.29, 0.717) is 53.1 Å². The Kier molecular flexibility index (Phi) is 6.87. The number of allylic oxidation sites excluding steroid dienone is 5. The minimum absolute atomic E-state index is 0.0680. The summed E-state index contributed by atoms with van der Waals surface area (Å²) < 4.78 is 5.62. The minimum Gasteiger partial charge on any atom is -0.478 e. The molecule has 1 heterocycles. The molecule has 5 N–H and O–H groups in total. The molecule has 0 saturated heterocycles. The third-order valence-electron chi connectivity index (χ3n) is 9.09. The molecule has 4 fully saturated rings. The zero-order valence-corrected chi connectivity index (χ0v) is 23.0. The Morgan fingerprint density at radius 1 is 1.19 bits per heavy atom. The number of dihydropyridines is 1. The van der Waals surface area contributed by atoms with Gasteiger partial charge in [-0.3, -0.25) is 4.79 Å². The molecule has 7 nitrogen and oxygen atoms in total. The number of hydrogen-bond donors (Lipinski definition) is 4. The summed E-state index contributed by atoms with van der Waals surface area (Å²) >= 11 is 6.70. The smallest absolute Gasteiger partial charge is 0.334 e. The number of carbonyl (C=O) groups is 2. The van der Waals surface area contributed by atoms with E-state index in [-0.39, 0.29) is 34.5 Å². The number of rotatable bonds is 8. The number of carboxylic acids is 1. The molecular weight excluding hydrogens is 490 g/mol. The third kappa shape index (κ3) is 4.90. The van der Waals surface area contributed by atoms with Crippen molar-refractivity contribution in [2.24, 2.45) is 28.4 Å². The molecule has 5 atom stereocenters. The number of aliphatic carboxylic acids is 1. The van der Waals surface area contributed by atoms with Crippen molar-refractivity contribution < 1.29 is 19.4 Å². The lowest BCUT2D eigenvalue weighted by molar-refractivity contribution is -0.137. The summed E-state index contributed by atoms with van der Waals surface area (Å²) in [5.74, 6) is -1.44. The molecule has 8 heteroatoms. The Morgan fingerprint density at radius 2 is 1.89 bits per heavy atom. The molecule has 202 valence electrons. The van der Waals surface area contributed by atoms with Crippen LogP contribution in [0, 0.1) is 22.7 Å². The van der Waals surface area contributed by atoms with E-state index in [1.807, 2.05) is 19.1 Å². The van der Waals surface area contributed by atoms with Gasteiger partial charge in [0.05, 0.1) is 30.4 Å². The van der Waals surface area contributed by atoms with E-state index in [2.05, 4.69) is 24.5 Å². The molecule has 1 amide bonds. The Balaban J connectivity index is 1.53. The number of halogens is 1. The summed E-state index contributed by atoms with van der Waals surface area (Å²) in [6, 6.07) is 0. The fourth-order valence-corrected chi connectivity index (χ4v) is 9.22. The molecule has 1 unspecified atom stereocenters. The van der Waals surface area contributed by atoms with E-state index < -0.39 is 11.9 Å². The van der Waals surface area contributed by atoms with Gasteiger partial charge in [-0.15, -0.1) is 0 Å². The molecular formula is C29H40ClN3O4. The molecule has 1 aliphatic heterocycles. The maximum Gasteiger partial charge on any atom is 0.334 e. The minimum atomic E-state index is -1.09. The van der Waals surface area contributed by atoms with Crippen molar-refractivity contribution in [3.05, 3.63) is 45.3 Å². The Hall–Kier alpha value is -2.09. The first-order valence-corrected chi connectivity index (χ1v) is 13.9. The van der Waals surface area contributed by atoms with Gasteiger partial charge in [0.25, 0.3) is 0 Å². The van der Waals surface area contributed by atoms with Crippen LogP contribution in [0.4, 0.5) is 0 Å². The number of carboxylic acid groups (broad SMARTS) is 1. The molecule has 6 aliphatic rings. The highest BCUT2D eigenvalue weighted by Crippen LogP contribution is 2.66. The van der Waals surface area contributed by atoms with Gasteiger partial charge in [-0.2, -0.15) is 0 Å². The van der Waals surface area contributed by atoms with Crippen molar-refractivity contribution in [3.63, 3.8) is 0 Å². The van der Waals surface area contributed by atoms with Crippen LogP contribution in [-0.2, 0) is 14.3 Å². The van der Waals surface area contributed by atoms with E-state index in [1.54, 1.807) is 0 Å². The first-order chi connectivity index (χ1) is 17.5. The molecule has 4 saturated carbocycles. The average Bonchev–Trinajstić information content (AvgIpc) is 2.76. The highest BCUT2D eigenvalue weighted by molar-refractivity contribution is 6.30. The van der Waals surface area contributed by atoms with Gasteiger partial charge >= 0.3 is 5.97 Å². The van der Waals surface area contributed by atoms with Crippen LogP contribution in [0.25, 0.3) is 0 Å². The predicted octanol–water partition coefficient (Wildman–Crippen LogP) is 4.50. The summed E-state index contributed by atoms with van der Waals surface area (Å²) in [6.07, 6.45) is 11.9. The summed E-state index contributed by atoms with van der Waals surface area (Å²) in [4.78, 5) is 26.9. The second kappa shape index (κ2) is 9.58. The molecule has 5 aliphatic carbocycles. The van der Waals surface area contributed by atoms with Crippen molar-refractivity contribution in [1.29, 1.82) is 0 Å². The maximum atomic E-state index is 14.2. The summed E-state index contributed by atoms with van der Waals surface area (Å²) in [5.41, 5.74) is 8.10. The van der Waals surface area contributed by atoms with Crippen LogP contribution in [0.5, 0.6) is 0 Å². The van der Waals surface area contributed by atoms with Crippen LogP contribution in [0.2, 0.25) is 0 Å². The molecule has 6 rings (SSSR count). The van der Waals surface area contributed by atoms with E-state index in [9.17, 15) is 14.7 Å². The lowest BCUT2D eigenvalue weighted by atomic mass is 9.42. The zero-order chi connectivity index (χ0) is 26.6. The van der Waals surface area contributed by atoms with Gasteiger partial charge in [0.15, 0.2) is 0 Å². The lowest BCUT2D eigenvalue weighted by Crippen LogP contribution is -2.65. The summed E-state index contributed by atoms with van der Waals surface area (Å²) in [5, 5.41) is 17.7. The van der Waals surface area contributed by atoms with Crippen LogP contribution in [0.15, 0.2) is 45.3 Å². The van der Waals surface area contributed by atoms with E-state index in [1.165, 1.54) is 19.3 Å². The maximum absolute atomic E-state index is 14.2. The SMILES string of the molecule is CC1=C(C(=O)N[C@@]23C[C@@H]4C[C@@](C)(C[C@@](C)(C4)C2)C3)C(C2=C(Cl)CCC=C2)C(C(=O)O)=C(COCCN)N1. The van der Waals surface area contributed by atoms with Gasteiger partial charge in [-0.1, -0.05) is 37.6 Å². The normalized spacial score (nSPS) is 36.8. The van der Waals surface area contributed by atoms with Crippen molar-refractivity contribution in [3.8, 4) is 0 Å². The molecule has 0 aromatic heterocycles. The van der Waals surface area contributed by atoms with Crippen molar-refractivity contribution in [2.75, 3.05) is 19.8 Å². The molecule has 37 heavy (non-hydrogen) atoms. The largest absolute Gasteiger partial charge is 0.478 e. The number of amides is 1.